The molecule has 2 aliphatic rings. The highest BCUT2D eigenvalue weighted by atomic mass is 35.5. The van der Waals surface area contributed by atoms with Gasteiger partial charge in [-0.25, -0.2) is 9.18 Å². The molecule has 1 unspecified atom stereocenters. The Morgan fingerprint density at radius 1 is 1.41 bits per heavy atom. The van der Waals surface area contributed by atoms with Crippen LogP contribution in [0.15, 0.2) is 22.7 Å². The van der Waals surface area contributed by atoms with Crippen molar-refractivity contribution in [1.29, 1.82) is 0 Å². The fourth-order valence-corrected chi connectivity index (χ4v) is 4.17. The van der Waals surface area contributed by atoms with Gasteiger partial charge < -0.3 is 19.5 Å². The van der Waals surface area contributed by atoms with Crippen molar-refractivity contribution in [2.45, 2.75) is 25.7 Å². The number of aryl methyl sites for hydroxylation is 1. The summed E-state index contributed by atoms with van der Waals surface area (Å²) in [6.07, 6.45) is 1.60. The number of halogens is 2. The number of rotatable bonds is 2. The van der Waals surface area contributed by atoms with Crippen molar-refractivity contribution in [3.8, 4) is 0 Å². The number of ether oxygens (including phenoxy) is 1. The van der Waals surface area contributed by atoms with Crippen LogP contribution in [-0.2, 0) is 4.74 Å². The van der Waals surface area contributed by atoms with Gasteiger partial charge in [0, 0.05) is 31.7 Å². The van der Waals surface area contributed by atoms with Crippen LogP contribution in [0.5, 0.6) is 0 Å². The van der Waals surface area contributed by atoms with Gasteiger partial charge in [-0.3, -0.25) is 0 Å². The third-order valence-corrected chi connectivity index (χ3v) is 5.75. The molecular weight excluding hydrogens is 375 g/mol. The van der Waals surface area contributed by atoms with Gasteiger partial charge in [-0.05, 0) is 31.9 Å². The van der Waals surface area contributed by atoms with E-state index in [2.05, 4.69) is 15.5 Å². The molecule has 4 rings (SSSR count). The highest BCUT2D eigenvalue weighted by Gasteiger charge is 2.51. The third kappa shape index (κ3) is 3.39. The molecule has 1 aromatic carbocycles. The highest BCUT2D eigenvalue weighted by molar-refractivity contribution is 6.31. The Bertz CT molecular complexity index is 853. The quantitative estimate of drug-likeness (QED) is 0.841. The molecule has 144 valence electrons. The average Bonchev–Trinajstić information content (AvgIpc) is 3.23. The van der Waals surface area contributed by atoms with Gasteiger partial charge in [0.05, 0.1) is 16.6 Å². The second-order valence-corrected chi connectivity index (χ2v) is 7.53. The van der Waals surface area contributed by atoms with E-state index in [0.29, 0.717) is 38.0 Å². The maximum Gasteiger partial charge on any atom is 0.321 e. The predicted octanol–water partition coefficient (Wildman–Crippen LogP) is 3.60. The Hall–Kier alpha value is -2.19. The second kappa shape index (κ2) is 7.09. The smallest absolute Gasteiger partial charge is 0.321 e. The monoisotopic (exact) mass is 394 g/mol. The molecular formula is C18H20ClFN4O3. The molecule has 7 nitrogen and oxygen atoms in total. The maximum absolute atomic E-state index is 14.1. The number of carbonyl (C=O) groups excluding carboxylic acids is 1. The Kier molecular flexibility index (Phi) is 4.77. The van der Waals surface area contributed by atoms with Crippen molar-refractivity contribution in [3.05, 3.63) is 40.8 Å². The van der Waals surface area contributed by atoms with E-state index < -0.39 is 5.82 Å². The zero-order valence-corrected chi connectivity index (χ0v) is 15.6. The molecule has 2 fully saturated rings. The first kappa shape index (κ1) is 18.2. The van der Waals surface area contributed by atoms with Gasteiger partial charge in [-0.2, -0.15) is 4.98 Å². The van der Waals surface area contributed by atoms with Crippen LogP contribution in [0.3, 0.4) is 0 Å². The normalized spacial score (nSPS) is 21.6. The minimum absolute atomic E-state index is 0.0330. The Morgan fingerprint density at radius 2 is 2.19 bits per heavy atom. The molecule has 3 heterocycles. The zero-order valence-electron chi connectivity index (χ0n) is 14.9. The van der Waals surface area contributed by atoms with Gasteiger partial charge in [0.25, 0.3) is 0 Å². The van der Waals surface area contributed by atoms with Crippen LogP contribution >= 0.6 is 11.6 Å². The summed E-state index contributed by atoms with van der Waals surface area (Å²) in [5.41, 5.74) is -0.118. The summed E-state index contributed by atoms with van der Waals surface area (Å²) in [4.78, 5) is 18.9. The molecule has 0 radical (unpaired) electrons. The van der Waals surface area contributed by atoms with Gasteiger partial charge in [-0.15, -0.1) is 0 Å². The number of hydrogen-bond acceptors (Lipinski definition) is 5. The molecule has 2 aromatic rings. The minimum Gasteiger partial charge on any atom is -0.381 e. The first-order valence-corrected chi connectivity index (χ1v) is 9.24. The summed E-state index contributed by atoms with van der Waals surface area (Å²) in [6.45, 7) is 3.97. The van der Waals surface area contributed by atoms with E-state index in [1.807, 2.05) is 0 Å². The first-order chi connectivity index (χ1) is 13.0. The molecule has 0 saturated carbocycles. The van der Waals surface area contributed by atoms with Crippen LogP contribution in [0.1, 0.15) is 30.5 Å². The van der Waals surface area contributed by atoms with Crippen molar-refractivity contribution >= 4 is 23.3 Å². The summed E-state index contributed by atoms with van der Waals surface area (Å²) in [5.74, 6) is 0.392. The summed E-state index contributed by atoms with van der Waals surface area (Å²) in [7, 11) is 0. The fourth-order valence-electron chi connectivity index (χ4n) is 4.00. The zero-order chi connectivity index (χ0) is 19.0. The van der Waals surface area contributed by atoms with Crippen molar-refractivity contribution in [2.75, 3.05) is 31.6 Å². The topological polar surface area (TPSA) is 80.5 Å². The molecule has 1 N–H and O–H groups in total. The first-order valence-electron chi connectivity index (χ1n) is 8.86. The van der Waals surface area contributed by atoms with Gasteiger partial charge in [-0.1, -0.05) is 22.8 Å². The molecule has 0 bridgehead atoms. The summed E-state index contributed by atoms with van der Waals surface area (Å²) in [5, 5.41) is 6.49. The highest BCUT2D eigenvalue weighted by Crippen LogP contribution is 2.49. The lowest BCUT2D eigenvalue weighted by atomic mass is 9.72. The number of carbonyl (C=O) groups is 1. The number of likely N-dealkylation sites (tertiary alicyclic amines) is 1. The van der Waals surface area contributed by atoms with E-state index in [9.17, 15) is 9.18 Å². The Morgan fingerprint density at radius 3 is 2.89 bits per heavy atom. The van der Waals surface area contributed by atoms with Crippen LogP contribution < -0.4 is 5.32 Å². The molecule has 2 aliphatic heterocycles. The number of urea groups is 1. The Labute approximate surface area is 160 Å². The number of aromatic nitrogens is 2. The molecule has 1 aromatic heterocycles. The molecule has 9 heteroatoms. The number of nitrogens with zero attached hydrogens (tertiary/aromatic N) is 3. The summed E-state index contributed by atoms with van der Waals surface area (Å²) in [6, 6.07) is 4.14. The maximum atomic E-state index is 14.1. The molecule has 2 amide bonds. The lowest BCUT2D eigenvalue weighted by molar-refractivity contribution is 0.00959. The number of hydrogen-bond donors (Lipinski definition) is 1. The number of nitrogens with one attached hydrogen (secondary N) is 1. The third-order valence-electron chi connectivity index (χ3n) is 5.46. The van der Waals surface area contributed by atoms with E-state index in [0.717, 1.165) is 12.8 Å². The van der Waals surface area contributed by atoms with Gasteiger partial charge in [0.2, 0.25) is 5.89 Å². The summed E-state index contributed by atoms with van der Waals surface area (Å²) < 4.78 is 25.1. The molecule has 1 atom stereocenters. The van der Waals surface area contributed by atoms with Crippen LogP contribution in [0.2, 0.25) is 5.02 Å². The van der Waals surface area contributed by atoms with Gasteiger partial charge >= 0.3 is 6.03 Å². The minimum atomic E-state index is -0.642. The van der Waals surface area contributed by atoms with Crippen LogP contribution in [0, 0.1) is 18.2 Å². The second-order valence-electron chi connectivity index (χ2n) is 7.12. The molecule has 2 saturated heterocycles. The lowest BCUT2D eigenvalue weighted by Crippen LogP contribution is -2.38. The fraction of sp³-hybridized carbons (Fsp3) is 0.500. The SMILES string of the molecule is Cc1noc(C2CN(C(=O)Nc3cccc(Cl)c3F)CC23CCOCC3)n1. The largest absolute Gasteiger partial charge is 0.381 e. The Balaban J connectivity index is 1.57. The molecule has 1 spiro atoms. The van der Waals surface area contributed by atoms with E-state index >= 15 is 0 Å². The molecule has 0 aliphatic carbocycles. The van der Waals surface area contributed by atoms with Crippen molar-refractivity contribution < 1.29 is 18.4 Å². The molecule has 27 heavy (non-hydrogen) atoms. The predicted molar refractivity (Wildman–Crippen MR) is 96.3 cm³/mol. The van der Waals surface area contributed by atoms with Gasteiger partial charge in [0.15, 0.2) is 11.6 Å². The van der Waals surface area contributed by atoms with E-state index in [1.54, 1.807) is 17.9 Å². The van der Waals surface area contributed by atoms with E-state index in [-0.39, 0.29) is 28.1 Å². The van der Waals surface area contributed by atoms with Crippen LogP contribution in [0.4, 0.5) is 14.9 Å². The van der Waals surface area contributed by atoms with Crippen molar-refractivity contribution in [2.24, 2.45) is 5.41 Å². The number of amides is 2. The van der Waals surface area contributed by atoms with Crippen molar-refractivity contribution in [1.82, 2.24) is 15.0 Å². The van der Waals surface area contributed by atoms with Crippen LogP contribution in [0.25, 0.3) is 0 Å². The van der Waals surface area contributed by atoms with Crippen LogP contribution in [-0.4, -0.2) is 47.4 Å². The number of anilines is 1. The number of benzene rings is 1. The van der Waals surface area contributed by atoms with Crippen molar-refractivity contribution in [3.63, 3.8) is 0 Å². The summed E-state index contributed by atoms with van der Waals surface area (Å²) >= 11 is 5.80. The van der Waals surface area contributed by atoms with E-state index in [1.165, 1.54) is 12.1 Å². The average molecular weight is 395 g/mol. The standard InChI is InChI=1S/C18H20ClFN4O3/c1-11-21-16(27-23-11)12-9-24(10-18(12)5-7-26-8-6-18)17(25)22-14-4-2-3-13(19)15(14)20/h2-4,12H,5-10H2,1H3,(H,22,25). The van der Waals surface area contributed by atoms with Gasteiger partial charge in [0.1, 0.15) is 0 Å². The lowest BCUT2D eigenvalue weighted by Gasteiger charge is -2.36. The van der Waals surface area contributed by atoms with E-state index in [4.69, 9.17) is 20.9 Å².